The molecule has 1 aliphatic rings. The highest BCUT2D eigenvalue weighted by molar-refractivity contribution is 7.11. The molecule has 1 saturated heterocycles. The van der Waals surface area contributed by atoms with Crippen LogP contribution in [0.4, 0.5) is 5.82 Å². The second-order valence-corrected chi connectivity index (χ2v) is 7.92. The number of amides is 1. The minimum atomic E-state index is -0.459. The molecule has 1 amide bonds. The van der Waals surface area contributed by atoms with Gasteiger partial charge in [0.15, 0.2) is 5.69 Å². The van der Waals surface area contributed by atoms with E-state index in [1.165, 1.54) is 16.0 Å². The van der Waals surface area contributed by atoms with Crippen LogP contribution in [-0.2, 0) is 6.54 Å². The first-order chi connectivity index (χ1) is 14.1. The van der Waals surface area contributed by atoms with E-state index in [9.17, 15) is 4.79 Å². The van der Waals surface area contributed by atoms with Crippen molar-refractivity contribution >= 4 is 29.3 Å². The molecule has 0 atom stereocenters. The molecule has 0 saturated carbocycles. The van der Waals surface area contributed by atoms with Gasteiger partial charge in [-0.15, -0.1) is 16.4 Å². The van der Waals surface area contributed by atoms with Crippen LogP contribution in [0.2, 0.25) is 0 Å². The maximum atomic E-state index is 12.7. The van der Waals surface area contributed by atoms with Crippen LogP contribution in [-0.4, -0.2) is 55.4 Å². The molecule has 0 unspecified atom stereocenters. The average Bonchev–Trinajstić information content (AvgIpc) is 3.45. The van der Waals surface area contributed by atoms with Gasteiger partial charge < -0.3 is 5.73 Å². The number of thiophene rings is 1. The number of anilines is 1. The van der Waals surface area contributed by atoms with E-state index in [0.717, 1.165) is 30.8 Å². The van der Waals surface area contributed by atoms with Gasteiger partial charge in [0.05, 0.1) is 11.9 Å². The van der Waals surface area contributed by atoms with Gasteiger partial charge in [-0.05, 0) is 53.6 Å². The summed E-state index contributed by atoms with van der Waals surface area (Å²) in [5.74, 6) is 0.517. The lowest BCUT2D eigenvalue weighted by Gasteiger charge is -2.30. The lowest BCUT2D eigenvalue weighted by Crippen LogP contribution is -2.34. The van der Waals surface area contributed by atoms with Gasteiger partial charge in [-0.1, -0.05) is 18.2 Å². The average molecular weight is 415 g/mol. The summed E-state index contributed by atoms with van der Waals surface area (Å²) in [6.07, 6.45) is 3.78. The van der Waals surface area contributed by atoms with Gasteiger partial charge in [0.2, 0.25) is 11.6 Å². The Hall–Kier alpha value is -3.12. The SMILES string of the molecule is CC1CCN(Cc2c(C(=O)NN=Cc3cccs3)nnn2-c2nonc2N)CC1. The molecule has 4 heterocycles. The van der Waals surface area contributed by atoms with E-state index < -0.39 is 5.91 Å². The maximum Gasteiger partial charge on any atom is 0.293 e. The highest BCUT2D eigenvalue weighted by Crippen LogP contribution is 2.21. The van der Waals surface area contributed by atoms with Crippen LogP contribution in [0.1, 0.15) is 40.8 Å². The molecule has 152 valence electrons. The van der Waals surface area contributed by atoms with Gasteiger partial charge in [0, 0.05) is 11.4 Å². The Kier molecular flexibility index (Phi) is 5.62. The van der Waals surface area contributed by atoms with Crippen molar-refractivity contribution in [2.45, 2.75) is 26.3 Å². The molecule has 0 spiro atoms. The normalized spacial score (nSPS) is 15.9. The Labute approximate surface area is 170 Å². The molecule has 0 aromatic carbocycles. The Bertz CT molecular complexity index is 987. The number of hydrogen-bond donors (Lipinski definition) is 2. The Morgan fingerprint density at radius 2 is 2.28 bits per heavy atom. The fourth-order valence-corrected chi connectivity index (χ4v) is 3.72. The second kappa shape index (κ2) is 8.49. The maximum absolute atomic E-state index is 12.7. The summed E-state index contributed by atoms with van der Waals surface area (Å²) in [5, 5.41) is 21.4. The van der Waals surface area contributed by atoms with E-state index in [4.69, 9.17) is 5.73 Å². The van der Waals surface area contributed by atoms with Gasteiger partial charge >= 0.3 is 0 Å². The third-order valence-electron chi connectivity index (χ3n) is 4.83. The zero-order valence-electron chi connectivity index (χ0n) is 15.9. The van der Waals surface area contributed by atoms with Crippen molar-refractivity contribution < 1.29 is 9.42 Å². The number of nitrogen functional groups attached to an aromatic ring is 1. The number of likely N-dealkylation sites (tertiary alicyclic amines) is 1. The van der Waals surface area contributed by atoms with Crippen LogP contribution in [0.3, 0.4) is 0 Å². The molecule has 11 nitrogen and oxygen atoms in total. The monoisotopic (exact) mass is 415 g/mol. The number of carbonyl (C=O) groups is 1. The topological polar surface area (TPSA) is 140 Å². The van der Waals surface area contributed by atoms with Crippen LogP contribution >= 0.6 is 11.3 Å². The summed E-state index contributed by atoms with van der Waals surface area (Å²) in [6.45, 7) is 4.58. The zero-order chi connectivity index (χ0) is 20.2. The molecule has 0 aliphatic carbocycles. The van der Waals surface area contributed by atoms with Gasteiger partial charge in [0.1, 0.15) is 0 Å². The minimum absolute atomic E-state index is 0.0751. The van der Waals surface area contributed by atoms with Crippen molar-refractivity contribution in [1.29, 1.82) is 0 Å². The van der Waals surface area contributed by atoms with Crippen molar-refractivity contribution in [3.63, 3.8) is 0 Å². The Morgan fingerprint density at radius 1 is 1.45 bits per heavy atom. The number of piperidine rings is 1. The largest absolute Gasteiger partial charge is 0.378 e. The minimum Gasteiger partial charge on any atom is -0.378 e. The van der Waals surface area contributed by atoms with Crippen molar-refractivity contribution in [3.05, 3.63) is 33.8 Å². The highest BCUT2D eigenvalue weighted by atomic mass is 32.1. The molecular formula is C17H21N9O2S. The van der Waals surface area contributed by atoms with Crippen molar-refractivity contribution in [2.24, 2.45) is 11.0 Å². The summed E-state index contributed by atoms with van der Waals surface area (Å²) in [6, 6.07) is 3.81. The Balaban J connectivity index is 1.58. The molecular weight excluding hydrogens is 394 g/mol. The van der Waals surface area contributed by atoms with Crippen LogP contribution in [0.5, 0.6) is 0 Å². The third-order valence-corrected chi connectivity index (χ3v) is 5.63. The number of nitrogens with zero attached hydrogens (tertiary/aromatic N) is 7. The first kappa shape index (κ1) is 19.2. The molecule has 1 fully saturated rings. The second-order valence-electron chi connectivity index (χ2n) is 6.94. The predicted octanol–water partition coefficient (Wildman–Crippen LogP) is 1.29. The number of hydrazone groups is 1. The molecule has 3 aromatic heterocycles. The van der Waals surface area contributed by atoms with E-state index in [-0.39, 0.29) is 17.3 Å². The van der Waals surface area contributed by atoms with Crippen LogP contribution < -0.4 is 11.2 Å². The lowest BCUT2D eigenvalue weighted by molar-refractivity contribution is 0.0947. The van der Waals surface area contributed by atoms with Gasteiger partial charge in [-0.2, -0.15) is 9.78 Å². The summed E-state index contributed by atoms with van der Waals surface area (Å²) in [7, 11) is 0. The summed E-state index contributed by atoms with van der Waals surface area (Å²) in [5.41, 5.74) is 9.05. The fourth-order valence-electron chi connectivity index (χ4n) is 3.13. The van der Waals surface area contributed by atoms with E-state index in [2.05, 4.69) is 47.6 Å². The van der Waals surface area contributed by atoms with E-state index in [1.54, 1.807) is 6.21 Å². The number of nitrogens with one attached hydrogen (secondary N) is 1. The van der Waals surface area contributed by atoms with E-state index in [1.807, 2.05) is 17.5 Å². The molecule has 0 radical (unpaired) electrons. The zero-order valence-corrected chi connectivity index (χ0v) is 16.7. The molecule has 4 rings (SSSR count). The van der Waals surface area contributed by atoms with Crippen molar-refractivity contribution in [1.82, 2.24) is 35.6 Å². The molecule has 12 heteroatoms. The summed E-state index contributed by atoms with van der Waals surface area (Å²) in [4.78, 5) is 15.9. The van der Waals surface area contributed by atoms with Crippen molar-refractivity contribution in [3.8, 4) is 5.82 Å². The molecule has 3 aromatic rings. The van der Waals surface area contributed by atoms with E-state index >= 15 is 0 Å². The van der Waals surface area contributed by atoms with E-state index in [0.29, 0.717) is 18.2 Å². The third kappa shape index (κ3) is 4.32. The number of hydrogen-bond acceptors (Lipinski definition) is 10. The quantitative estimate of drug-likeness (QED) is 0.453. The van der Waals surface area contributed by atoms with Crippen molar-refractivity contribution in [2.75, 3.05) is 18.8 Å². The summed E-state index contributed by atoms with van der Waals surface area (Å²) >= 11 is 1.52. The Morgan fingerprint density at radius 3 is 2.97 bits per heavy atom. The molecule has 0 bridgehead atoms. The van der Waals surface area contributed by atoms with Gasteiger partial charge in [0.25, 0.3) is 5.91 Å². The molecule has 1 aliphatic heterocycles. The summed E-state index contributed by atoms with van der Waals surface area (Å²) < 4.78 is 6.09. The number of carbonyl (C=O) groups excluding carboxylic acids is 1. The smallest absolute Gasteiger partial charge is 0.293 e. The first-order valence-corrected chi connectivity index (χ1v) is 10.1. The number of rotatable bonds is 6. The number of aromatic nitrogens is 5. The van der Waals surface area contributed by atoms with Crippen LogP contribution in [0, 0.1) is 5.92 Å². The first-order valence-electron chi connectivity index (χ1n) is 9.24. The van der Waals surface area contributed by atoms with Crippen LogP contribution in [0.25, 0.3) is 5.82 Å². The van der Waals surface area contributed by atoms with Gasteiger partial charge in [-0.25, -0.2) is 10.1 Å². The molecule has 3 N–H and O–H groups in total. The highest BCUT2D eigenvalue weighted by Gasteiger charge is 2.26. The van der Waals surface area contributed by atoms with Gasteiger partial charge in [-0.3, -0.25) is 9.69 Å². The molecule has 29 heavy (non-hydrogen) atoms. The number of nitrogens with two attached hydrogens (primary N) is 1. The predicted molar refractivity (Wildman–Crippen MR) is 107 cm³/mol. The van der Waals surface area contributed by atoms with Crippen LogP contribution in [0.15, 0.2) is 27.2 Å². The fraction of sp³-hybridized carbons (Fsp3) is 0.412. The lowest BCUT2D eigenvalue weighted by atomic mass is 9.99. The standard InChI is InChI=1S/C17H21N9O2S/c1-11-4-6-25(7-5-11)10-13-14(17(27)21-19-9-12-3-2-8-29-12)20-24-26(13)16-15(18)22-28-23-16/h2-3,8-9,11H,4-7,10H2,1H3,(H2,18,22)(H,21,27).